The van der Waals surface area contributed by atoms with Crippen LogP contribution in [0.15, 0.2) is 72.8 Å². The third-order valence-electron chi connectivity index (χ3n) is 7.09. The molecule has 1 aliphatic rings. The van der Waals surface area contributed by atoms with E-state index in [4.69, 9.17) is 48.3 Å². The number of aryl methyl sites for hydroxylation is 2. The van der Waals surface area contributed by atoms with Crippen molar-refractivity contribution in [2.45, 2.75) is 224 Å². The normalized spacial score (nSPS) is 7.18. The van der Waals surface area contributed by atoms with E-state index in [2.05, 4.69) is 159 Å². The fourth-order valence-corrected chi connectivity index (χ4v) is 2.64. The maximum absolute atomic E-state index is 10.7. The van der Waals surface area contributed by atoms with Crippen LogP contribution in [-0.2, 0) is 60.8 Å². The molecule has 89 heavy (non-hydrogen) atoms. The van der Waals surface area contributed by atoms with Crippen molar-refractivity contribution in [1.82, 2.24) is 23.4 Å². The molecular formula is C68H166N10O11. The Hall–Kier alpha value is -5.72. The van der Waals surface area contributed by atoms with Crippen LogP contribution in [0.3, 0.4) is 0 Å². The molecule has 1 amide bonds. The Balaban J connectivity index is -0.0000000184. The van der Waals surface area contributed by atoms with Gasteiger partial charge in [-0.05, 0) is 131 Å². The highest BCUT2D eigenvalue weighted by Gasteiger charge is 2.11. The summed E-state index contributed by atoms with van der Waals surface area (Å²) in [7, 11) is 9.00. The van der Waals surface area contributed by atoms with Gasteiger partial charge < -0.3 is 106 Å². The number of benzene rings is 2. The molecule has 0 atom stereocenters. The van der Waals surface area contributed by atoms with E-state index < -0.39 is 0 Å². The number of carbonyl (C=O) groups excluding carboxylic acids is 10. The van der Waals surface area contributed by atoms with Crippen molar-refractivity contribution < 1.29 is 53.1 Å². The topological polar surface area (TPSA) is 455 Å². The number of allylic oxidation sites excluding steroid dienone is 2. The summed E-state index contributed by atoms with van der Waals surface area (Å²) in [5.41, 5.74) is 29.8. The lowest BCUT2D eigenvalue weighted by Gasteiger charge is -2.24. The lowest BCUT2D eigenvalue weighted by atomic mass is 10.1. The number of aliphatic hydroxyl groups excluding tert-OH is 1. The van der Waals surface area contributed by atoms with Gasteiger partial charge in [-0.1, -0.05) is 224 Å². The van der Waals surface area contributed by atoms with Gasteiger partial charge in [0.05, 0.1) is 0 Å². The first-order valence-electron chi connectivity index (χ1n) is 29.3. The second-order valence-electron chi connectivity index (χ2n) is 13.4. The van der Waals surface area contributed by atoms with Crippen LogP contribution in [0.1, 0.15) is 216 Å². The van der Waals surface area contributed by atoms with Crippen LogP contribution in [-0.4, -0.2) is 138 Å². The molecule has 0 bridgehead atoms. The zero-order valence-corrected chi connectivity index (χ0v) is 64.7. The molecule has 1 heterocycles. The summed E-state index contributed by atoms with van der Waals surface area (Å²) in [6, 6.07) is 20.9. The number of amides is 1. The Bertz CT molecular complexity index is 969. The van der Waals surface area contributed by atoms with E-state index in [0.29, 0.717) is 0 Å². The number of piperidine rings is 1. The number of nitrogens with zero attached hydrogens (tertiary/aromatic N) is 1. The molecule has 1 aliphatic heterocycles. The second-order valence-corrected chi connectivity index (χ2v) is 13.4. The first-order valence-corrected chi connectivity index (χ1v) is 29.3. The number of aliphatic hydroxyl groups is 1. The molecule has 1 fully saturated rings. The lowest BCUT2D eigenvalue weighted by Crippen LogP contribution is -2.33. The monoisotopic (exact) mass is 1300 g/mol. The van der Waals surface area contributed by atoms with Gasteiger partial charge in [-0.25, -0.2) is 0 Å². The molecule has 554 valence electrons. The van der Waals surface area contributed by atoms with Crippen LogP contribution in [0.5, 0.6) is 0 Å². The molecule has 0 radical (unpaired) electrons. The highest BCUT2D eigenvalue weighted by molar-refractivity contribution is 5.73. The van der Waals surface area contributed by atoms with Crippen LogP contribution in [0.4, 0.5) is 0 Å². The Morgan fingerprint density at radius 3 is 0.596 bits per heavy atom. The molecule has 0 aromatic heterocycles. The minimum atomic E-state index is -0.167. The van der Waals surface area contributed by atoms with Crippen molar-refractivity contribution in [3.05, 3.63) is 83.9 Å². The van der Waals surface area contributed by atoms with Gasteiger partial charge in [0.2, 0.25) is 5.91 Å². The number of rotatable bonds is 5. The first kappa shape index (κ1) is 178. The first-order chi connectivity index (χ1) is 41.6. The maximum atomic E-state index is 10.7. The largest absolute Gasteiger partial charge is 0.394 e. The van der Waals surface area contributed by atoms with E-state index in [1.165, 1.54) is 91.9 Å². The molecule has 3 rings (SSSR count). The highest BCUT2D eigenvalue weighted by atomic mass is 16.3. The van der Waals surface area contributed by atoms with Crippen LogP contribution >= 0.6 is 0 Å². The number of likely N-dealkylation sites (tertiary alicyclic amines) is 1. The molecule has 1 saturated heterocycles. The van der Waals surface area contributed by atoms with Gasteiger partial charge in [-0.3, -0.25) is 4.79 Å². The average Bonchev–Trinajstić information content (AvgIpc) is 3.64. The van der Waals surface area contributed by atoms with E-state index in [-0.39, 0.29) is 30.5 Å². The Morgan fingerprint density at radius 2 is 0.528 bits per heavy atom. The SMILES string of the molecule is C/C=C\C.C=O.C=O.C=O.C=O.C=O.C=O.C=O.C=O.C=O.CC.CC.CC.CC.CC(=O)N1CCCCC1.CC(C)O.CCC(C)C.CCC(C)C.CCC(C)C.CCc1ccccc1.CCc1ccccc1.CN.CN.CN.CN.CN.CN.N.N.N. The summed E-state index contributed by atoms with van der Waals surface area (Å²) < 4.78 is 0. The van der Waals surface area contributed by atoms with E-state index in [9.17, 15) is 4.79 Å². The smallest absolute Gasteiger partial charge is 0.219 e. The number of hydrogen-bond donors (Lipinski definition) is 10. The molecule has 21 heteroatoms. The van der Waals surface area contributed by atoms with Crippen LogP contribution < -0.4 is 52.9 Å². The number of nitrogens with two attached hydrogens (primary N) is 6. The standard InChI is InChI=1S/2C8H10.C7H13NO.3C5H12.C4H8.C3H8O.4C2H6.6CH5N.9CH2O.3H3N/c2*1-2-8-6-4-3-5-7-8;1-7(9)8-5-3-2-4-6-8;3*1-4-5(2)3;1-3-4-2;1-3(2)4;19*1-2;;;/h2*3-7H,2H2,1H3;2-6H2,1H3;3*5H,4H2,1-3H3;2*3-4H,1-2H3;4*1-2H3;6*2H2,1H3;9*1H2;3*1H3/b;;;;;;4-3-;;;;;;;;;;;;;;;;;;;;;;;. The number of carbonyl (C=O) groups is 10. The van der Waals surface area contributed by atoms with Crippen LogP contribution in [0.2, 0.25) is 0 Å². The maximum Gasteiger partial charge on any atom is 0.219 e. The van der Waals surface area contributed by atoms with Gasteiger partial charge in [0, 0.05) is 26.1 Å². The molecule has 21 nitrogen and oxygen atoms in total. The van der Waals surface area contributed by atoms with Crippen molar-refractivity contribution in [2.75, 3.05) is 55.4 Å². The van der Waals surface area contributed by atoms with Gasteiger partial charge >= 0.3 is 0 Å². The van der Waals surface area contributed by atoms with Crippen molar-refractivity contribution in [1.29, 1.82) is 0 Å². The van der Waals surface area contributed by atoms with Gasteiger partial charge in [-0.15, -0.1) is 0 Å². The molecular weight excluding hydrogens is 1130 g/mol. The molecule has 22 N–H and O–H groups in total. The second kappa shape index (κ2) is 335. The van der Waals surface area contributed by atoms with Crippen molar-refractivity contribution in [2.24, 2.45) is 52.2 Å². The molecule has 2 aromatic rings. The predicted octanol–water partition coefficient (Wildman–Crippen LogP) is 14.0. The zero-order chi connectivity index (χ0) is 76.2. The fraction of sp³-hybridized carbons (Fsp3) is 0.647. The molecule has 0 unspecified atom stereocenters. The van der Waals surface area contributed by atoms with Gasteiger partial charge in [0.25, 0.3) is 0 Å². The van der Waals surface area contributed by atoms with E-state index in [1.807, 2.05) is 160 Å². The van der Waals surface area contributed by atoms with Gasteiger partial charge in [-0.2, -0.15) is 0 Å². The van der Waals surface area contributed by atoms with Crippen molar-refractivity contribution in [3.8, 4) is 0 Å². The lowest BCUT2D eigenvalue weighted by molar-refractivity contribution is -0.129. The fourth-order valence-electron chi connectivity index (χ4n) is 2.64. The molecule has 0 spiro atoms. The summed E-state index contributed by atoms with van der Waals surface area (Å²) in [6.07, 6.45) is 13.7. The van der Waals surface area contributed by atoms with Crippen molar-refractivity contribution >= 4 is 67.0 Å². The summed E-state index contributed by atoms with van der Waals surface area (Å²) in [5, 5.41) is 8.06. The minimum absolute atomic E-state index is 0. The summed E-state index contributed by atoms with van der Waals surface area (Å²) in [6.45, 7) is 69.3. The van der Waals surface area contributed by atoms with E-state index in [0.717, 1.165) is 43.7 Å². The van der Waals surface area contributed by atoms with Gasteiger partial charge in [0.15, 0.2) is 0 Å². The minimum Gasteiger partial charge on any atom is -0.394 e. The van der Waals surface area contributed by atoms with Crippen LogP contribution in [0, 0.1) is 17.8 Å². The van der Waals surface area contributed by atoms with E-state index >= 15 is 0 Å². The summed E-state index contributed by atoms with van der Waals surface area (Å²) in [4.78, 5) is 84.6. The van der Waals surface area contributed by atoms with Gasteiger partial charge in [0.1, 0.15) is 61.1 Å². The Morgan fingerprint density at radius 1 is 0.393 bits per heavy atom. The molecule has 2 aromatic carbocycles. The quantitative estimate of drug-likeness (QED) is 0.124. The average molecular weight is 1300 g/mol. The van der Waals surface area contributed by atoms with E-state index in [1.54, 1.807) is 20.8 Å². The third kappa shape index (κ3) is 479. The third-order valence-corrected chi connectivity index (χ3v) is 7.09. The molecule has 0 aliphatic carbocycles. The number of hydrogen-bond acceptors (Lipinski definition) is 20. The Kier molecular flexibility index (Phi) is 670. The Labute approximate surface area is 556 Å². The highest BCUT2D eigenvalue weighted by Crippen LogP contribution is 2.07. The predicted molar refractivity (Wildman–Crippen MR) is 406 cm³/mol. The van der Waals surface area contributed by atoms with Crippen molar-refractivity contribution in [3.63, 3.8) is 0 Å². The summed E-state index contributed by atoms with van der Waals surface area (Å²) >= 11 is 0. The zero-order valence-electron chi connectivity index (χ0n) is 64.7. The molecule has 0 saturated carbocycles. The van der Waals surface area contributed by atoms with Crippen LogP contribution in [0.25, 0.3) is 0 Å². The summed E-state index contributed by atoms with van der Waals surface area (Å²) in [5.74, 6) is 2.88.